The Morgan fingerprint density at radius 2 is 1.82 bits per heavy atom. The molecular weight excluding hydrogens is 221 g/mol. The summed E-state index contributed by atoms with van der Waals surface area (Å²) in [5, 5.41) is 2.86. The summed E-state index contributed by atoms with van der Waals surface area (Å²) < 4.78 is 18.1. The van der Waals surface area contributed by atoms with Gasteiger partial charge in [-0.1, -0.05) is 12.1 Å². The second-order valence-electron chi connectivity index (χ2n) is 4.81. The van der Waals surface area contributed by atoms with Gasteiger partial charge in [0.1, 0.15) is 17.5 Å². The quantitative estimate of drug-likeness (QED) is 0.823. The summed E-state index contributed by atoms with van der Waals surface area (Å²) >= 11 is 0. The Morgan fingerprint density at radius 1 is 1.29 bits per heavy atom. The molecule has 1 unspecified atom stereocenters. The topological polar surface area (TPSA) is 38.3 Å². The maximum atomic E-state index is 12.8. The lowest BCUT2D eigenvalue weighted by Gasteiger charge is -2.23. The van der Waals surface area contributed by atoms with Crippen molar-refractivity contribution in [3.05, 3.63) is 35.6 Å². The van der Waals surface area contributed by atoms with Crippen molar-refractivity contribution in [3.8, 4) is 0 Å². The monoisotopic (exact) mass is 239 g/mol. The summed E-state index contributed by atoms with van der Waals surface area (Å²) in [5.74, 6) is -0.695. The highest BCUT2D eigenvalue weighted by molar-refractivity contribution is 5.78. The number of hydrogen-bond donors (Lipinski definition) is 1. The summed E-state index contributed by atoms with van der Waals surface area (Å²) in [5.41, 5.74) is 0.148. The maximum absolute atomic E-state index is 12.8. The van der Waals surface area contributed by atoms with Gasteiger partial charge in [0.05, 0.1) is 0 Å². The molecule has 17 heavy (non-hydrogen) atoms. The van der Waals surface area contributed by atoms with Gasteiger partial charge in [-0.15, -0.1) is 0 Å². The Kier molecular flexibility index (Phi) is 4.23. The van der Waals surface area contributed by atoms with Gasteiger partial charge in [-0.25, -0.2) is 9.18 Å². The molecule has 0 heterocycles. The number of rotatable bonds is 3. The van der Waals surface area contributed by atoms with Crippen molar-refractivity contribution in [2.45, 2.75) is 32.4 Å². The van der Waals surface area contributed by atoms with Crippen LogP contribution in [-0.2, 0) is 9.53 Å². The van der Waals surface area contributed by atoms with Crippen molar-refractivity contribution in [2.24, 2.45) is 0 Å². The van der Waals surface area contributed by atoms with Crippen molar-refractivity contribution >= 4 is 5.97 Å². The largest absolute Gasteiger partial charge is 0.459 e. The Bertz CT molecular complexity index is 381. The minimum atomic E-state index is -0.574. The first-order valence-electron chi connectivity index (χ1n) is 5.49. The first-order valence-corrected chi connectivity index (χ1v) is 5.49. The van der Waals surface area contributed by atoms with Crippen molar-refractivity contribution < 1.29 is 13.9 Å². The van der Waals surface area contributed by atoms with E-state index in [9.17, 15) is 9.18 Å². The molecule has 1 aromatic carbocycles. The van der Waals surface area contributed by atoms with Gasteiger partial charge in [0.15, 0.2) is 0 Å². The molecule has 0 aliphatic rings. The number of hydrogen-bond acceptors (Lipinski definition) is 3. The Balaban J connectivity index is 2.84. The molecule has 0 fully saturated rings. The Labute approximate surface area is 101 Å². The number of likely N-dealkylation sites (N-methyl/N-ethyl adjacent to an activating group) is 1. The fraction of sp³-hybridized carbons (Fsp3) is 0.462. The van der Waals surface area contributed by atoms with Gasteiger partial charge in [0, 0.05) is 0 Å². The van der Waals surface area contributed by atoms with Gasteiger partial charge in [0.25, 0.3) is 0 Å². The van der Waals surface area contributed by atoms with E-state index in [1.807, 2.05) is 20.8 Å². The predicted molar refractivity (Wildman–Crippen MR) is 64.0 cm³/mol. The van der Waals surface area contributed by atoms with Crippen LogP contribution >= 0.6 is 0 Å². The third kappa shape index (κ3) is 4.15. The number of ether oxygens (including phenoxy) is 1. The fourth-order valence-electron chi connectivity index (χ4n) is 1.44. The van der Waals surface area contributed by atoms with Crippen molar-refractivity contribution in [1.29, 1.82) is 0 Å². The van der Waals surface area contributed by atoms with Crippen LogP contribution in [0.1, 0.15) is 32.4 Å². The van der Waals surface area contributed by atoms with Crippen LogP contribution in [0.25, 0.3) is 0 Å². The lowest BCUT2D eigenvalue weighted by Crippen LogP contribution is -2.33. The van der Waals surface area contributed by atoms with E-state index in [4.69, 9.17) is 4.74 Å². The minimum absolute atomic E-state index is 0.326. The zero-order valence-electron chi connectivity index (χ0n) is 10.6. The number of benzene rings is 1. The molecule has 0 amide bonds. The van der Waals surface area contributed by atoms with E-state index in [1.54, 1.807) is 19.2 Å². The molecule has 1 rings (SSSR count). The van der Waals surface area contributed by atoms with Gasteiger partial charge in [-0.05, 0) is 45.5 Å². The molecule has 94 valence electrons. The van der Waals surface area contributed by atoms with E-state index in [0.717, 1.165) is 0 Å². The second-order valence-corrected chi connectivity index (χ2v) is 4.81. The average Bonchev–Trinajstić information content (AvgIpc) is 2.19. The van der Waals surface area contributed by atoms with Crippen LogP contribution in [0.15, 0.2) is 24.3 Å². The Morgan fingerprint density at radius 3 is 2.24 bits per heavy atom. The predicted octanol–water partition coefficient (Wildman–Crippen LogP) is 2.43. The van der Waals surface area contributed by atoms with Gasteiger partial charge in [-0.3, -0.25) is 0 Å². The van der Waals surface area contributed by atoms with Crippen LogP contribution < -0.4 is 5.32 Å². The van der Waals surface area contributed by atoms with Gasteiger partial charge in [-0.2, -0.15) is 0 Å². The number of carbonyl (C=O) groups excluding carboxylic acids is 1. The number of halogens is 1. The van der Waals surface area contributed by atoms with Crippen LogP contribution in [0.3, 0.4) is 0 Å². The van der Waals surface area contributed by atoms with Crippen LogP contribution in [0.2, 0.25) is 0 Å². The molecule has 1 N–H and O–H groups in total. The summed E-state index contributed by atoms with van der Waals surface area (Å²) in [6.45, 7) is 5.42. The molecule has 0 aromatic heterocycles. The molecule has 1 atom stereocenters. The molecule has 0 aliphatic heterocycles. The second kappa shape index (κ2) is 5.27. The van der Waals surface area contributed by atoms with Crippen LogP contribution in [0.5, 0.6) is 0 Å². The van der Waals surface area contributed by atoms with Gasteiger partial charge < -0.3 is 10.1 Å². The van der Waals surface area contributed by atoms with E-state index in [-0.39, 0.29) is 11.8 Å². The number of nitrogens with one attached hydrogen (secondary N) is 1. The molecule has 3 nitrogen and oxygen atoms in total. The van der Waals surface area contributed by atoms with Gasteiger partial charge >= 0.3 is 5.97 Å². The minimum Gasteiger partial charge on any atom is -0.459 e. The normalized spacial score (nSPS) is 13.2. The highest BCUT2D eigenvalue weighted by Crippen LogP contribution is 2.18. The summed E-state index contributed by atoms with van der Waals surface area (Å²) in [6.07, 6.45) is 0. The molecular formula is C13H18FNO2. The summed E-state index contributed by atoms with van der Waals surface area (Å²) in [4.78, 5) is 11.9. The average molecular weight is 239 g/mol. The van der Waals surface area contributed by atoms with E-state index in [1.165, 1.54) is 12.1 Å². The van der Waals surface area contributed by atoms with Crippen LogP contribution in [0, 0.1) is 5.82 Å². The standard InChI is InChI=1S/C13H18FNO2/c1-13(2,3)17-12(16)11(15-4)9-5-7-10(14)8-6-9/h5-8,11,15H,1-4H3. The summed E-state index contributed by atoms with van der Waals surface area (Å²) in [6, 6.07) is 5.21. The van der Waals surface area contributed by atoms with Crippen LogP contribution in [-0.4, -0.2) is 18.6 Å². The van der Waals surface area contributed by atoms with Crippen LogP contribution in [0.4, 0.5) is 4.39 Å². The molecule has 0 saturated heterocycles. The molecule has 4 heteroatoms. The third-order valence-electron chi connectivity index (χ3n) is 2.13. The van der Waals surface area contributed by atoms with E-state index < -0.39 is 11.6 Å². The molecule has 0 radical (unpaired) electrons. The highest BCUT2D eigenvalue weighted by atomic mass is 19.1. The zero-order chi connectivity index (χ0) is 13.1. The van der Waals surface area contributed by atoms with E-state index in [2.05, 4.69) is 5.32 Å². The lowest BCUT2D eigenvalue weighted by atomic mass is 10.1. The molecule has 0 spiro atoms. The van der Waals surface area contributed by atoms with Crippen molar-refractivity contribution in [3.63, 3.8) is 0 Å². The smallest absolute Gasteiger partial charge is 0.328 e. The van der Waals surface area contributed by atoms with Crippen molar-refractivity contribution in [2.75, 3.05) is 7.05 Å². The number of carbonyl (C=O) groups is 1. The first kappa shape index (κ1) is 13.6. The Hall–Kier alpha value is -1.42. The maximum Gasteiger partial charge on any atom is 0.328 e. The van der Waals surface area contributed by atoms with Crippen molar-refractivity contribution in [1.82, 2.24) is 5.32 Å². The zero-order valence-corrected chi connectivity index (χ0v) is 10.6. The van der Waals surface area contributed by atoms with E-state index in [0.29, 0.717) is 5.56 Å². The third-order valence-corrected chi connectivity index (χ3v) is 2.13. The van der Waals surface area contributed by atoms with E-state index >= 15 is 0 Å². The molecule has 0 saturated carbocycles. The lowest BCUT2D eigenvalue weighted by molar-refractivity contribution is -0.157. The molecule has 0 bridgehead atoms. The van der Waals surface area contributed by atoms with Gasteiger partial charge in [0.2, 0.25) is 0 Å². The fourth-order valence-corrected chi connectivity index (χ4v) is 1.44. The SMILES string of the molecule is CNC(C(=O)OC(C)(C)C)c1ccc(F)cc1. The highest BCUT2D eigenvalue weighted by Gasteiger charge is 2.25. The molecule has 0 aliphatic carbocycles. The molecule has 1 aromatic rings. The summed E-state index contributed by atoms with van der Waals surface area (Å²) in [7, 11) is 1.66. The number of esters is 1. The first-order chi connectivity index (χ1) is 7.83.